The summed E-state index contributed by atoms with van der Waals surface area (Å²) >= 11 is 0. The van der Waals surface area contributed by atoms with Crippen LogP contribution in [0.4, 0.5) is 14.9 Å². The molecule has 2 heterocycles. The van der Waals surface area contributed by atoms with Crippen LogP contribution in [0, 0.1) is 5.82 Å². The van der Waals surface area contributed by atoms with E-state index < -0.39 is 17.9 Å². The van der Waals surface area contributed by atoms with E-state index in [1.165, 1.54) is 35.5 Å². The van der Waals surface area contributed by atoms with E-state index in [1.807, 2.05) is 20.8 Å². The van der Waals surface area contributed by atoms with Gasteiger partial charge in [-0.1, -0.05) is 0 Å². The number of hydrogen-bond donors (Lipinski definition) is 0. The van der Waals surface area contributed by atoms with Crippen molar-refractivity contribution < 1.29 is 14.0 Å². The fourth-order valence-corrected chi connectivity index (χ4v) is 2.88. The number of urea groups is 1. The van der Waals surface area contributed by atoms with Crippen LogP contribution in [0.2, 0.25) is 0 Å². The van der Waals surface area contributed by atoms with Crippen molar-refractivity contribution in [1.82, 2.24) is 19.7 Å². The lowest BCUT2D eigenvalue weighted by Crippen LogP contribution is -2.35. The molecule has 25 heavy (non-hydrogen) atoms. The molecule has 0 spiro atoms. The van der Waals surface area contributed by atoms with E-state index in [2.05, 4.69) is 10.1 Å². The third-order valence-corrected chi connectivity index (χ3v) is 4.11. The number of benzene rings is 1. The molecule has 1 saturated heterocycles. The van der Waals surface area contributed by atoms with Crippen LogP contribution in [0.5, 0.6) is 0 Å². The average Bonchev–Trinajstić information content (AvgIpc) is 3.09. The minimum Gasteiger partial charge on any atom is -0.282 e. The van der Waals surface area contributed by atoms with Crippen molar-refractivity contribution in [2.45, 2.75) is 45.8 Å². The molecule has 0 saturated carbocycles. The highest BCUT2D eigenvalue weighted by atomic mass is 19.1. The molecule has 7 nitrogen and oxygen atoms in total. The second-order valence-electron chi connectivity index (χ2n) is 6.99. The van der Waals surface area contributed by atoms with Gasteiger partial charge in [0, 0.05) is 5.69 Å². The molecular formula is C17H20FN5O2. The summed E-state index contributed by atoms with van der Waals surface area (Å²) in [5.41, 5.74) is 0.159. The molecule has 1 fully saturated rings. The van der Waals surface area contributed by atoms with Gasteiger partial charge in [0.05, 0.1) is 12.1 Å². The van der Waals surface area contributed by atoms with Crippen LogP contribution in [0.1, 0.15) is 33.5 Å². The summed E-state index contributed by atoms with van der Waals surface area (Å²) in [6, 6.07) is 4.38. The van der Waals surface area contributed by atoms with E-state index in [4.69, 9.17) is 0 Å². The molecule has 1 unspecified atom stereocenters. The van der Waals surface area contributed by atoms with Crippen LogP contribution >= 0.6 is 0 Å². The highest BCUT2D eigenvalue weighted by Crippen LogP contribution is 2.27. The molecule has 1 aromatic carbocycles. The van der Waals surface area contributed by atoms with Gasteiger partial charge < -0.3 is 0 Å². The van der Waals surface area contributed by atoms with Crippen molar-refractivity contribution in [3.8, 4) is 0 Å². The molecule has 0 radical (unpaired) electrons. The Morgan fingerprint density at radius 2 is 1.80 bits per heavy atom. The molecular weight excluding hydrogens is 325 g/mol. The Labute approximate surface area is 145 Å². The summed E-state index contributed by atoms with van der Waals surface area (Å²) in [5.74, 6) is -0.190. The molecule has 1 aliphatic rings. The zero-order valence-corrected chi connectivity index (χ0v) is 14.6. The first-order valence-corrected chi connectivity index (χ1v) is 7.99. The molecule has 1 atom stereocenters. The number of imide groups is 1. The summed E-state index contributed by atoms with van der Waals surface area (Å²) in [7, 11) is 0. The topological polar surface area (TPSA) is 71.3 Å². The summed E-state index contributed by atoms with van der Waals surface area (Å²) in [6.07, 6.45) is 1.41. The number of carbonyl (C=O) groups is 2. The number of hydrogen-bond acceptors (Lipinski definition) is 4. The van der Waals surface area contributed by atoms with E-state index in [9.17, 15) is 14.0 Å². The molecule has 8 heteroatoms. The van der Waals surface area contributed by atoms with E-state index in [0.29, 0.717) is 11.5 Å². The molecule has 1 aliphatic heterocycles. The maximum atomic E-state index is 13.1. The van der Waals surface area contributed by atoms with Crippen LogP contribution in [0.25, 0.3) is 0 Å². The van der Waals surface area contributed by atoms with E-state index in [0.717, 1.165) is 4.90 Å². The average molecular weight is 345 g/mol. The van der Waals surface area contributed by atoms with Crippen LogP contribution < -0.4 is 4.90 Å². The van der Waals surface area contributed by atoms with Gasteiger partial charge >= 0.3 is 6.03 Å². The van der Waals surface area contributed by atoms with Crippen molar-refractivity contribution in [3.05, 3.63) is 42.2 Å². The monoisotopic (exact) mass is 345 g/mol. The Bertz CT molecular complexity index is 809. The van der Waals surface area contributed by atoms with Crippen LogP contribution in [-0.4, -0.2) is 37.6 Å². The SMILES string of the molecule is CC1C(=O)N(Cc2ncnn2C(C)(C)C)C(=O)N1c1ccc(F)cc1. The van der Waals surface area contributed by atoms with Gasteiger partial charge in [0.25, 0.3) is 5.91 Å². The van der Waals surface area contributed by atoms with E-state index in [-0.39, 0.29) is 18.0 Å². The quantitative estimate of drug-likeness (QED) is 0.802. The van der Waals surface area contributed by atoms with Crippen molar-refractivity contribution >= 4 is 17.6 Å². The van der Waals surface area contributed by atoms with E-state index >= 15 is 0 Å². The molecule has 0 N–H and O–H groups in total. The van der Waals surface area contributed by atoms with Crippen molar-refractivity contribution in [1.29, 1.82) is 0 Å². The van der Waals surface area contributed by atoms with Crippen LogP contribution in [0.3, 0.4) is 0 Å². The Balaban J connectivity index is 1.89. The highest BCUT2D eigenvalue weighted by molar-refractivity contribution is 6.13. The largest absolute Gasteiger partial charge is 0.332 e. The predicted molar refractivity (Wildman–Crippen MR) is 89.3 cm³/mol. The molecule has 0 bridgehead atoms. The predicted octanol–water partition coefficient (Wildman–Crippen LogP) is 2.53. The maximum absolute atomic E-state index is 13.1. The number of amides is 3. The Kier molecular flexibility index (Phi) is 4.06. The zero-order valence-electron chi connectivity index (χ0n) is 14.6. The fraction of sp³-hybridized carbons (Fsp3) is 0.412. The minimum atomic E-state index is -0.663. The molecule has 3 amide bonds. The van der Waals surface area contributed by atoms with Crippen molar-refractivity contribution in [3.63, 3.8) is 0 Å². The first-order valence-electron chi connectivity index (χ1n) is 7.99. The van der Waals surface area contributed by atoms with Crippen LogP contribution in [-0.2, 0) is 16.9 Å². The first kappa shape index (κ1) is 17.1. The maximum Gasteiger partial charge on any atom is 0.332 e. The second kappa shape index (κ2) is 5.94. The minimum absolute atomic E-state index is 0.0387. The molecule has 132 valence electrons. The van der Waals surface area contributed by atoms with Crippen molar-refractivity contribution in [2.75, 3.05) is 4.90 Å². The number of aromatic nitrogens is 3. The Morgan fingerprint density at radius 1 is 1.16 bits per heavy atom. The Hall–Kier alpha value is -2.77. The number of anilines is 1. The van der Waals surface area contributed by atoms with Gasteiger partial charge in [0.2, 0.25) is 0 Å². The number of rotatable bonds is 3. The number of nitrogens with zero attached hydrogens (tertiary/aromatic N) is 5. The first-order chi connectivity index (χ1) is 11.7. The Morgan fingerprint density at radius 3 is 2.40 bits per heavy atom. The van der Waals surface area contributed by atoms with Gasteiger partial charge in [-0.3, -0.25) is 14.6 Å². The van der Waals surface area contributed by atoms with E-state index in [1.54, 1.807) is 11.6 Å². The number of carbonyl (C=O) groups excluding carboxylic acids is 2. The van der Waals surface area contributed by atoms with Crippen LogP contribution in [0.15, 0.2) is 30.6 Å². The summed E-state index contributed by atoms with van der Waals surface area (Å²) in [5, 5.41) is 4.19. The molecule has 1 aromatic heterocycles. The lowest BCUT2D eigenvalue weighted by atomic mass is 10.1. The van der Waals surface area contributed by atoms with Crippen molar-refractivity contribution in [2.24, 2.45) is 0 Å². The summed E-state index contributed by atoms with van der Waals surface area (Å²) in [6.45, 7) is 7.58. The smallest absolute Gasteiger partial charge is 0.282 e. The normalized spacial score (nSPS) is 18.4. The number of halogens is 1. The molecule has 2 aromatic rings. The van der Waals surface area contributed by atoms with Gasteiger partial charge in [0.15, 0.2) is 0 Å². The summed E-state index contributed by atoms with van der Waals surface area (Å²) in [4.78, 5) is 32.1. The third-order valence-electron chi connectivity index (χ3n) is 4.11. The molecule has 0 aliphatic carbocycles. The lowest BCUT2D eigenvalue weighted by molar-refractivity contribution is -0.127. The lowest BCUT2D eigenvalue weighted by Gasteiger charge is -2.23. The second-order valence-corrected chi connectivity index (χ2v) is 6.99. The zero-order chi connectivity index (χ0) is 18.4. The fourth-order valence-electron chi connectivity index (χ4n) is 2.88. The van der Waals surface area contributed by atoms with Gasteiger partial charge in [-0.15, -0.1) is 0 Å². The van der Waals surface area contributed by atoms with Gasteiger partial charge in [-0.25, -0.2) is 18.9 Å². The van der Waals surface area contributed by atoms with Gasteiger partial charge in [-0.05, 0) is 52.0 Å². The van der Waals surface area contributed by atoms with Gasteiger partial charge in [-0.2, -0.15) is 5.10 Å². The van der Waals surface area contributed by atoms with Gasteiger partial charge in [0.1, 0.15) is 24.0 Å². The highest BCUT2D eigenvalue weighted by Gasteiger charge is 2.44. The standard InChI is InChI=1S/C17H20FN5O2/c1-11-15(24)21(9-14-19-10-20-23(14)17(2,3)4)16(25)22(11)13-7-5-12(18)6-8-13/h5-8,10-11H,9H2,1-4H3. The third kappa shape index (κ3) is 2.99. The summed E-state index contributed by atoms with van der Waals surface area (Å²) < 4.78 is 14.8. The molecule has 3 rings (SSSR count).